The van der Waals surface area contributed by atoms with E-state index in [2.05, 4.69) is 42.2 Å². The lowest BCUT2D eigenvalue weighted by Crippen LogP contribution is -1.95. The molecule has 0 radical (unpaired) electrons. The van der Waals surface area contributed by atoms with Gasteiger partial charge >= 0.3 is 0 Å². The zero-order valence-electron chi connectivity index (χ0n) is 7.49. The van der Waals surface area contributed by atoms with Crippen molar-refractivity contribution in [2.45, 2.75) is 5.33 Å². The van der Waals surface area contributed by atoms with Crippen molar-refractivity contribution in [2.24, 2.45) is 0 Å². The predicted octanol–water partition coefficient (Wildman–Crippen LogP) is 3.06. The molecule has 78 valence electrons. The van der Waals surface area contributed by atoms with Gasteiger partial charge in [0.25, 0.3) is 0 Å². The van der Waals surface area contributed by atoms with Crippen LogP contribution in [0.25, 0.3) is 5.69 Å². The van der Waals surface area contributed by atoms with E-state index >= 15 is 0 Å². The third-order valence-corrected chi connectivity index (χ3v) is 3.03. The van der Waals surface area contributed by atoms with Crippen molar-refractivity contribution >= 4 is 31.9 Å². The Balaban J connectivity index is 2.40. The van der Waals surface area contributed by atoms with Crippen LogP contribution in [0.1, 0.15) is 5.69 Å². The minimum atomic E-state index is -0.292. The molecule has 0 amide bonds. The normalized spacial score (nSPS) is 10.6. The first kappa shape index (κ1) is 10.8. The molecular formula is C9H6Br2FN3. The number of hydrogen-bond donors (Lipinski definition) is 0. The lowest BCUT2D eigenvalue weighted by molar-refractivity contribution is 0.620. The van der Waals surface area contributed by atoms with Gasteiger partial charge in [-0.05, 0) is 34.1 Å². The minimum absolute atomic E-state index is 0.292. The maximum atomic E-state index is 13.0. The van der Waals surface area contributed by atoms with Crippen LogP contribution in [0, 0.1) is 5.82 Å². The molecule has 6 heteroatoms. The molecule has 0 aliphatic rings. The highest BCUT2D eigenvalue weighted by Crippen LogP contribution is 2.19. The molecule has 3 nitrogen and oxygen atoms in total. The molecule has 0 N–H and O–H groups in total. The summed E-state index contributed by atoms with van der Waals surface area (Å²) >= 11 is 6.41. The first-order valence-electron chi connectivity index (χ1n) is 4.13. The minimum Gasteiger partial charge on any atom is -0.220 e. The highest BCUT2D eigenvalue weighted by Gasteiger charge is 2.04. The van der Waals surface area contributed by atoms with Crippen molar-refractivity contribution in [3.63, 3.8) is 0 Å². The number of rotatable bonds is 2. The third-order valence-electron chi connectivity index (χ3n) is 1.85. The summed E-state index contributed by atoms with van der Waals surface area (Å²) < 4.78 is 15.0. The van der Waals surface area contributed by atoms with Crippen molar-refractivity contribution in [1.29, 1.82) is 0 Å². The maximum absolute atomic E-state index is 13.0. The average molecular weight is 335 g/mol. The number of hydrogen-bond acceptors (Lipinski definition) is 2. The fraction of sp³-hybridized carbons (Fsp3) is 0.111. The number of halogens is 3. The van der Waals surface area contributed by atoms with Gasteiger partial charge < -0.3 is 0 Å². The summed E-state index contributed by atoms with van der Waals surface area (Å²) in [6.45, 7) is 0. The van der Waals surface area contributed by atoms with Gasteiger partial charge in [0.15, 0.2) is 0 Å². The van der Waals surface area contributed by atoms with Gasteiger partial charge in [-0.25, -0.2) is 9.07 Å². The van der Waals surface area contributed by atoms with E-state index in [9.17, 15) is 4.39 Å². The molecule has 0 bridgehead atoms. The molecule has 0 spiro atoms. The van der Waals surface area contributed by atoms with Crippen molar-refractivity contribution in [3.8, 4) is 5.69 Å². The molecule has 1 aromatic carbocycles. The molecule has 0 atom stereocenters. The third kappa shape index (κ3) is 2.26. The smallest absolute Gasteiger partial charge is 0.137 e. The lowest BCUT2D eigenvalue weighted by atomic mass is 10.3. The fourth-order valence-corrected chi connectivity index (χ4v) is 1.74. The summed E-state index contributed by atoms with van der Waals surface area (Å²) in [6, 6.07) is 4.68. The summed E-state index contributed by atoms with van der Waals surface area (Å²) in [4.78, 5) is 0. The maximum Gasteiger partial charge on any atom is 0.137 e. The van der Waals surface area contributed by atoms with E-state index in [1.165, 1.54) is 6.07 Å². The van der Waals surface area contributed by atoms with Gasteiger partial charge in [-0.15, -0.1) is 5.10 Å². The highest BCUT2D eigenvalue weighted by molar-refractivity contribution is 9.10. The van der Waals surface area contributed by atoms with Gasteiger partial charge in [0.1, 0.15) is 5.82 Å². The van der Waals surface area contributed by atoms with Crippen LogP contribution in [0.4, 0.5) is 4.39 Å². The number of alkyl halides is 1. The van der Waals surface area contributed by atoms with E-state index in [4.69, 9.17) is 0 Å². The van der Waals surface area contributed by atoms with Crippen molar-refractivity contribution in [3.05, 3.63) is 40.4 Å². The first-order valence-corrected chi connectivity index (χ1v) is 6.05. The van der Waals surface area contributed by atoms with Crippen LogP contribution >= 0.6 is 31.9 Å². The summed E-state index contributed by atoms with van der Waals surface area (Å²) in [5.41, 5.74) is 1.60. The summed E-state index contributed by atoms with van der Waals surface area (Å²) in [7, 11) is 0. The molecule has 1 aromatic heterocycles. The first-order chi connectivity index (χ1) is 7.20. The van der Waals surface area contributed by atoms with Gasteiger partial charge in [0.2, 0.25) is 0 Å². The van der Waals surface area contributed by atoms with Gasteiger partial charge in [-0.2, -0.15) is 0 Å². The molecule has 0 unspecified atom stereocenters. The van der Waals surface area contributed by atoms with Crippen LogP contribution in [0.15, 0.2) is 28.9 Å². The Labute approximate surface area is 103 Å². The monoisotopic (exact) mass is 333 g/mol. The van der Waals surface area contributed by atoms with E-state index < -0.39 is 0 Å². The molecule has 0 fully saturated rings. The lowest BCUT2D eigenvalue weighted by Gasteiger charge is -2.00. The quantitative estimate of drug-likeness (QED) is 0.790. The number of benzene rings is 1. The topological polar surface area (TPSA) is 30.7 Å². The van der Waals surface area contributed by atoms with Crippen LogP contribution in [-0.4, -0.2) is 15.0 Å². The summed E-state index contributed by atoms with van der Waals surface area (Å²) in [6.07, 6.45) is 1.79. The second kappa shape index (κ2) is 4.40. The van der Waals surface area contributed by atoms with Crippen LogP contribution in [0.5, 0.6) is 0 Å². The van der Waals surface area contributed by atoms with Crippen molar-refractivity contribution < 1.29 is 4.39 Å². The van der Waals surface area contributed by atoms with Gasteiger partial charge in [0.05, 0.1) is 22.1 Å². The van der Waals surface area contributed by atoms with Gasteiger partial charge in [0, 0.05) is 5.33 Å². The van der Waals surface area contributed by atoms with E-state index in [1.54, 1.807) is 23.0 Å². The SMILES string of the molecule is Fc1ccc(-n2cc(CBr)nn2)cc1Br. The average Bonchev–Trinajstić information content (AvgIpc) is 2.70. The molecule has 15 heavy (non-hydrogen) atoms. The van der Waals surface area contributed by atoms with E-state index in [0.29, 0.717) is 9.80 Å². The van der Waals surface area contributed by atoms with E-state index in [0.717, 1.165) is 11.4 Å². The van der Waals surface area contributed by atoms with Crippen LogP contribution < -0.4 is 0 Å². The Kier molecular flexibility index (Phi) is 3.16. The second-order valence-corrected chi connectivity index (χ2v) is 4.30. The molecule has 2 rings (SSSR count). The largest absolute Gasteiger partial charge is 0.220 e. The Morgan fingerprint density at radius 3 is 2.80 bits per heavy atom. The van der Waals surface area contributed by atoms with Crippen LogP contribution in [0.2, 0.25) is 0 Å². The summed E-state index contributed by atoms with van der Waals surface area (Å²) in [5, 5.41) is 8.49. The van der Waals surface area contributed by atoms with Crippen LogP contribution in [0.3, 0.4) is 0 Å². The standard InChI is InChI=1S/C9H6Br2FN3/c10-4-6-5-15(14-13-6)7-1-2-9(12)8(11)3-7/h1-3,5H,4H2. The molecule has 0 saturated carbocycles. The Morgan fingerprint density at radius 1 is 1.40 bits per heavy atom. The highest BCUT2D eigenvalue weighted by atomic mass is 79.9. The molecule has 1 heterocycles. The Bertz CT molecular complexity index is 484. The fourth-order valence-electron chi connectivity index (χ4n) is 1.11. The predicted molar refractivity (Wildman–Crippen MR) is 61.6 cm³/mol. The molecular weight excluding hydrogens is 329 g/mol. The zero-order valence-corrected chi connectivity index (χ0v) is 10.7. The van der Waals surface area contributed by atoms with Gasteiger partial charge in [-0.1, -0.05) is 21.1 Å². The second-order valence-electron chi connectivity index (χ2n) is 2.89. The molecule has 2 aromatic rings. The molecule has 0 saturated heterocycles. The van der Waals surface area contributed by atoms with Crippen molar-refractivity contribution in [2.75, 3.05) is 0 Å². The Morgan fingerprint density at radius 2 is 2.20 bits per heavy atom. The van der Waals surface area contributed by atoms with Gasteiger partial charge in [-0.3, -0.25) is 0 Å². The number of nitrogens with zero attached hydrogens (tertiary/aromatic N) is 3. The number of aromatic nitrogens is 3. The van der Waals surface area contributed by atoms with Crippen molar-refractivity contribution in [1.82, 2.24) is 15.0 Å². The van der Waals surface area contributed by atoms with E-state index in [1.807, 2.05) is 0 Å². The van der Waals surface area contributed by atoms with E-state index in [-0.39, 0.29) is 5.82 Å². The molecule has 0 aliphatic carbocycles. The zero-order chi connectivity index (χ0) is 10.8. The van der Waals surface area contributed by atoms with Crippen LogP contribution in [-0.2, 0) is 5.33 Å². The summed E-state index contributed by atoms with van der Waals surface area (Å²) in [5.74, 6) is -0.292. The molecule has 0 aliphatic heterocycles. The Hall–Kier alpha value is -0.750.